The Balaban J connectivity index is 1.46. The maximum atomic E-state index is 13.6. The zero-order valence-corrected chi connectivity index (χ0v) is 22.3. The van der Waals surface area contributed by atoms with E-state index in [0.717, 1.165) is 26.9 Å². The fraction of sp³-hybridized carbons (Fsp3) is 0.0882. The van der Waals surface area contributed by atoms with Crippen molar-refractivity contribution in [1.29, 1.82) is 0 Å². The predicted octanol–water partition coefficient (Wildman–Crippen LogP) is 6.84. The number of rotatable bonds is 1. The van der Waals surface area contributed by atoms with Crippen molar-refractivity contribution in [2.75, 3.05) is 4.90 Å². The van der Waals surface area contributed by atoms with E-state index in [-0.39, 0.29) is 18.2 Å². The average Bonchev–Trinajstić information content (AvgIpc) is 3.45. The van der Waals surface area contributed by atoms with Gasteiger partial charge < -0.3 is 4.74 Å². The van der Waals surface area contributed by atoms with Crippen LogP contribution in [0.4, 0.5) is 15.5 Å². The molecule has 0 unspecified atom stereocenters. The molecule has 184 valence electrons. The molecule has 0 saturated carbocycles. The van der Waals surface area contributed by atoms with Crippen molar-refractivity contribution in [3.05, 3.63) is 108 Å². The Hall–Kier alpha value is -4.35. The number of fused-ring (bicyclic) bond motifs is 7. The Bertz CT molecular complexity index is 2070. The number of amides is 1. The van der Waals surface area contributed by atoms with Gasteiger partial charge in [0.25, 0.3) is 0 Å². The Kier molecular flexibility index (Phi) is 3.98. The number of hydrogen-bond donors (Lipinski definition) is 0. The molecule has 39 heavy (non-hydrogen) atoms. The van der Waals surface area contributed by atoms with Crippen molar-refractivity contribution in [1.82, 2.24) is 0 Å². The average molecular weight is 519 g/mol. The van der Waals surface area contributed by atoms with Crippen molar-refractivity contribution in [3.63, 3.8) is 0 Å². The van der Waals surface area contributed by atoms with Crippen molar-refractivity contribution in [2.45, 2.75) is 19.3 Å². The van der Waals surface area contributed by atoms with Crippen LogP contribution in [-0.4, -0.2) is 12.8 Å². The lowest BCUT2D eigenvalue weighted by molar-refractivity contribution is 0.210. The monoisotopic (exact) mass is 519 g/mol. The van der Waals surface area contributed by atoms with Crippen LogP contribution in [0.1, 0.15) is 25.0 Å². The summed E-state index contributed by atoms with van der Waals surface area (Å²) in [5.74, 6) is 0.638. The van der Waals surface area contributed by atoms with Crippen LogP contribution >= 0.6 is 11.3 Å². The van der Waals surface area contributed by atoms with Gasteiger partial charge in [-0.3, -0.25) is 0 Å². The third kappa shape index (κ3) is 2.57. The zero-order valence-electron chi connectivity index (χ0n) is 21.5. The van der Waals surface area contributed by atoms with Crippen LogP contribution in [0.2, 0.25) is 0 Å². The molecular weight excluding hydrogens is 497 g/mol. The van der Waals surface area contributed by atoms with Gasteiger partial charge in [0.2, 0.25) is 6.71 Å². The van der Waals surface area contributed by atoms with Gasteiger partial charge in [0.1, 0.15) is 10.8 Å². The van der Waals surface area contributed by atoms with Crippen LogP contribution in [0.5, 0.6) is 5.75 Å². The first-order valence-electron chi connectivity index (χ1n) is 13.4. The summed E-state index contributed by atoms with van der Waals surface area (Å²) in [6, 6.07) is 34.6. The fourth-order valence-corrected chi connectivity index (χ4v) is 8.55. The normalized spacial score (nSPS) is 15.8. The second-order valence-electron chi connectivity index (χ2n) is 11.3. The molecule has 1 aromatic heterocycles. The van der Waals surface area contributed by atoms with Crippen LogP contribution in [0, 0.1) is 0 Å². The van der Waals surface area contributed by atoms with E-state index in [0.29, 0.717) is 5.75 Å². The molecule has 9 rings (SSSR count). The van der Waals surface area contributed by atoms with Gasteiger partial charge >= 0.3 is 6.09 Å². The largest absolute Gasteiger partial charge is 0.425 e. The summed E-state index contributed by atoms with van der Waals surface area (Å²) < 4.78 is 7.11. The highest BCUT2D eigenvalue weighted by molar-refractivity contribution is 7.26. The number of ether oxygens (including phenoxy) is 1. The SMILES string of the molecule is CC1(C)c2ccccc2-c2c(B3c4ccc5cccc6c5c4N(C(=O)O6)c4sc5ccccc5c43)cccc21. The number of carbonyl (C=O) groups is 1. The number of anilines is 2. The molecule has 3 nitrogen and oxygen atoms in total. The fourth-order valence-electron chi connectivity index (χ4n) is 7.32. The first-order chi connectivity index (χ1) is 19.0. The van der Waals surface area contributed by atoms with Crippen molar-refractivity contribution >= 4 is 72.1 Å². The second kappa shape index (κ2) is 7.19. The molecule has 3 aliphatic rings. The first kappa shape index (κ1) is 21.6. The van der Waals surface area contributed by atoms with Crippen LogP contribution in [0.25, 0.3) is 32.0 Å². The third-order valence-corrected chi connectivity index (χ3v) is 10.2. The van der Waals surface area contributed by atoms with Crippen molar-refractivity contribution < 1.29 is 9.53 Å². The molecular formula is C34H22BNO2S. The summed E-state index contributed by atoms with van der Waals surface area (Å²) in [7, 11) is 0. The van der Waals surface area contributed by atoms with Gasteiger partial charge in [-0.1, -0.05) is 104 Å². The van der Waals surface area contributed by atoms with Gasteiger partial charge in [-0.2, -0.15) is 0 Å². The lowest BCUT2D eigenvalue weighted by atomic mass is 9.34. The number of carbonyl (C=O) groups excluding carboxylic acids is 1. The van der Waals surface area contributed by atoms with E-state index in [1.165, 1.54) is 43.3 Å². The van der Waals surface area contributed by atoms with E-state index in [4.69, 9.17) is 4.74 Å². The molecule has 0 bridgehead atoms. The highest BCUT2D eigenvalue weighted by atomic mass is 32.1. The molecule has 1 amide bonds. The molecule has 5 heteroatoms. The molecule has 5 aromatic carbocycles. The Labute approximate surface area is 230 Å². The van der Waals surface area contributed by atoms with E-state index in [1.54, 1.807) is 11.3 Å². The molecule has 0 fully saturated rings. The van der Waals surface area contributed by atoms with Gasteiger partial charge in [0, 0.05) is 15.5 Å². The van der Waals surface area contributed by atoms with Crippen LogP contribution < -0.4 is 26.0 Å². The van der Waals surface area contributed by atoms with Gasteiger partial charge in [0.15, 0.2) is 0 Å². The quantitative estimate of drug-likeness (QED) is 0.223. The van der Waals surface area contributed by atoms with E-state index in [2.05, 4.69) is 98.8 Å². The summed E-state index contributed by atoms with van der Waals surface area (Å²) in [5, 5.41) is 4.25. The minimum Gasteiger partial charge on any atom is -0.409 e. The number of hydrogen-bond acceptors (Lipinski definition) is 3. The summed E-state index contributed by atoms with van der Waals surface area (Å²) >= 11 is 1.68. The van der Waals surface area contributed by atoms with Crippen LogP contribution in [0.15, 0.2) is 97.1 Å². The lowest BCUT2D eigenvalue weighted by Gasteiger charge is -2.37. The van der Waals surface area contributed by atoms with Gasteiger partial charge in [-0.05, 0) is 56.1 Å². The number of nitrogens with zero attached hydrogens (tertiary/aromatic N) is 1. The standard InChI is InChI=1S/C34H22BNO2S/c1-34(2)22-12-5-3-10-20(22)29-23(34)13-8-14-24(29)35-25-18-17-19-9-7-15-26-28(19)31(25)36(33(37)38-26)32-30(35)21-11-4-6-16-27(21)39-32/h3-18H,1-2H3. The Morgan fingerprint density at radius 2 is 1.59 bits per heavy atom. The molecule has 0 saturated heterocycles. The van der Waals surface area contributed by atoms with E-state index < -0.39 is 0 Å². The minimum absolute atomic E-state index is 0.0253. The third-order valence-electron chi connectivity index (χ3n) is 8.98. The molecule has 2 aliphatic heterocycles. The molecule has 0 spiro atoms. The van der Waals surface area contributed by atoms with Gasteiger partial charge in [-0.15, -0.1) is 11.3 Å². The van der Waals surface area contributed by atoms with Crippen molar-refractivity contribution in [2.24, 2.45) is 0 Å². The lowest BCUT2D eigenvalue weighted by Crippen LogP contribution is -2.59. The van der Waals surface area contributed by atoms with Crippen molar-refractivity contribution in [3.8, 4) is 16.9 Å². The summed E-state index contributed by atoms with van der Waals surface area (Å²) in [6.07, 6.45) is -0.335. The highest BCUT2D eigenvalue weighted by Crippen LogP contribution is 2.50. The summed E-state index contributed by atoms with van der Waals surface area (Å²) in [4.78, 5) is 15.5. The zero-order chi connectivity index (χ0) is 26.0. The molecule has 0 radical (unpaired) electrons. The molecule has 1 aliphatic carbocycles. The molecule has 6 aromatic rings. The topological polar surface area (TPSA) is 29.5 Å². The van der Waals surface area contributed by atoms with Gasteiger partial charge in [0.05, 0.1) is 5.69 Å². The van der Waals surface area contributed by atoms with E-state index in [1.807, 2.05) is 17.0 Å². The molecule has 0 N–H and O–H groups in total. The van der Waals surface area contributed by atoms with E-state index in [9.17, 15) is 4.79 Å². The summed E-state index contributed by atoms with van der Waals surface area (Å²) in [5.41, 5.74) is 9.88. The predicted molar refractivity (Wildman–Crippen MR) is 163 cm³/mol. The Morgan fingerprint density at radius 1 is 0.795 bits per heavy atom. The van der Waals surface area contributed by atoms with Crippen LogP contribution in [-0.2, 0) is 5.41 Å². The smallest absolute Gasteiger partial charge is 0.409 e. The maximum absolute atomic E-state index is 13.6. The number of benzene rings is 5. The minimum atomic E-state index is -0.335. The molecule has 3 heterocycles. The maximum Gasteiger partial charge on any atom is 0.425 e. The number of thiophene rings is 1. The highest BCUT2D eigenvalue weighted by Gasteiger charge is 2.46. The first-order valence-corrected chi connectivity index (χ1v) is 14.2. The second-order valence-corrected chi connectivity index (χ2v) is 12.3. The Morgan fingerprint density at radius 3 is 2.51 bits per heavy atom. The van der Waals surface area contributed by atoms with E-state index >= 15 is 0 Å². The van der Waals surface area contributed by atoms with Gasteiger partial charge in [-0.25, -0.2) is 9.69 Å². The van der Waals surface area contributed by atoms with Crippen LogP contribution in [0.3, 0.4) is 0 Å². The molecule has 0 atom stereocenters. The summed E-state index contributed by atoms with van der Waals surface area (Å²) in [6.45, 7) is 4.64.